The number of carbonyl (C=O) groups excluding carboxylic acids is 1. The van der Waals surface area contributed by atoms with Gasteiger partial charge in [-0.25, -0.2) is 4.68 Å². The molecule has 2 aromatic carbocycles. The molecule has 0 aliphatic carbocycles. The maximum absolute atomic E-state index is 12.3. The molecule has 1 N–H and O–H groups in total. The summed E-state index contributed by atoms with van der Waals surface area (Å²) in [6, 6.07) is 21.8. The van der Waals surface area contributed by atoms with Gasteiger partial charge in [-0.1, -0.05) is 60.7 Å². The Bertz CT molecular complexity index is 911. The lowest BCUT2D eigenvalue weighted by molar-refractivity contribution is -0.121. The van der Waals surface area contributed by atoms with E-state index in [1.165, 1.54) is 15.8 Å². The number of rotatable bonds is 8. The normalized spacial score (nSPS) is 15.3. The standard InChI is InChI=1S/C24H30N6O/c1-29-23(26-27-28-29)18-24(31)25-21-12-15-30(16-13-21)17-14-22(19-8-4-2-5-9-19)20-10-6-3-7-11-20/h2-11,21-22H,12-18H2,1H3,(H,25,31). The highest BCUT2D eigenvalue weighted by molar-refractivity contribution is 5.78. The van der Waals surface area contributed by atoms with Gasteiger partial charge in [0.1, 0.15) is 0 Å². The summed E-state index contributed by atoms with van der Waals surface area (Å²) in [7, 11) is 1.75. The van der Waals surface area contributed by atoms with Crippen molar-refractivity contribution in [2.45, 2.75) is 37.6 Å². The lowest BCUT2D eigenvalue weighted by Crippen LogP contribution is -2.45. The second-order valence-corrected chi connectivity index (χ2v) is 8.24. The number of hydrogen-bond acceptors (Lipinski definition) is 5. The van der Waals surface area contributed by atoms with E-state index in [0.717, 1.165) is 38.9 Å². The minimum Gasteiger partial charge on any atom is -0.353 e. The Hall–Kier alpha value is -3.06. The molecule has 1 aliphatic heterocycles. The molecule has 0 spiro atoms. The molecule has 7 nitrogen and oxygen atoms in total. The fraction of sp³-hybridized carbons (Fsp3) is 0.417. The zero-order chi connectivity index (χ0) is 21.5. The molecule has 0 bridgehead atoms. The molecule has 2 heterocycles. The zero-order valence-corrected chi connectivity index (χ0v) is 18.0. The number of benzene rings is 2. The zero-order valence-electron chi connectivity index (χ0n) is 18.0. The van der Waals surface area contributed by atoms with Crippen LogP contribution in [0.25, 0.3) is 0 Å². The van der Waals surface area contributed by atoms with Crippen molar-refractivity contribution in [1.29, 1.82) is 0 Å². The molecule has 1 fully saturated rings. The summed E-state index contributed by atoms with van der Waals surface area (Å²) in [5.41, 5.74) is 2.74. The first kappa shape index (κ1) is 21.2. The van der Waals surface area contributed by atoms with Gasteiger partial charge in [0, 0.05) is 32.1 Å². The molecule has 1 aromatic heterocycles. The van der Waals surface area contributed by atoms with E-state index in [1.807, 2.05) is 0 Å². The van der Waals surface area contributed by atoms with Crippen LogP contribution in [-0.4, -0.2) is 56.7 Å². The van der Waals surface area contributed by atoms with E-state index in [1.54, 1.807) is 7.05 Å². The third-order valence-corrected chi connectivity index (χ3v) is 6.12. The second kappa shape index (κ2) is 10.3. The maximum atomic E-state index is 12.3. The number of amides is 1. The molecule has 162 valence electrons. The van der Waals surface area contributed by atoms with Crippen LogP contribution < -0.4 is 5.32 Å². The maximum Gasteiger partial charge on any atom is 0.227 e. The van der Waals surface area contributed by atoms with Crippen LogP contribution in [0.2, 0.25) is 0 Å². The fourth-order valence-corrected chi connectivity index (χ4v) is 4.33. The smallest absolute Gasteiger partial charge is 0.227 e. The van der Waals surface area contributed by atoms with Crippen LogP contribution in [0.3, 0.4) is 0 Å². The number of aryl methyl sites for hydroxylation is 1. The van der Waals surface area contributed by atoms with Crippen LogP contribution in [0.1, 0.15) is 42.1 Å². The summed E-state index contributed by atoms with van der Waals surface area (Å²) in [5.74, 6) is 0.979. The number of nitrogens with one attached hydrogen (secondary N) is 1. The highest BCUT2D eigenvalue weighted by Gasteiger charge is 2.23. The van der Waals surface area contributed by atoms with Crippen molar-refractivity contribution >= 4 is 5.91 Å². The minimum atomic E-state index is -0.00966. The van der Waals surface area contributed by atoms with Gasteiger partial charge in [-0.15, -0.1) is 5.10 Å². The lowest BCUT2D eigenvalue weighted by Gasteiger charge is -2.33. The summed E-state index contributed by atoms with van der Waals surface area (Å²) in [6.45, 7) is 3.07. The van der Waals surface area contributed by atoms with Crippen LogP contribution in [0.5, 0.6) is 0 Å². The van der Waals surface area contributed by atoms with Crippen LogP contribution in [-0.2, 0) is 18.3 Å². The number of nitrogens with zero attached hydrogens (tertiary/aromatic N) is 5. The summed E-state index contributed by atoms with van der Waals surface area (Å²) in [4.78, 5) is 14.8. The summed E-state index contributed by atoms with van der Waals surface area (Å²) in [5, 5.41) is 14.4. The number of carbonyl (C=O) groups is 1. The van der Waals surface area contributed by atoms with Crippen LogP contribution in [0.4, 0.5) is 0 Å². The van der Waals surface area contributed by atoms with Crippen molar-refractivity contribution in [2.24, 2.45) is 7.05 Å². The number of hydrogen-bond donors (Lipinski definition) is 1. The third kappa shape index (κ3) is 5.76. The van der Waals surface area contributed by atoms with Gasteiger partial charge in [0.05, 0.1) is 6.42 Å². The van der Waals surface area contributed by atoms with Crippen molar-refractivity contribution in [2.75, 3.05) is 19.6 Å². The van der Waals surface area contributed by atoms with Crippen LogP contribution in [0, 0.1) is 0 Å². The summed E-state index contributed by atoms with van der Waals surface area (Å²) in [6.07, 6.45) is 3.26. The van der Waals surface area contributed by atoms with Gasteiger partial charge in [-0.3, -0.25) is 4.79 Å². The Morgan fingerprint density at radius 2 is 1.65 bits per heavy atom. The average molecular weight is 419 g/mol. The molecule has 0 unspecified atom stereocenters. The SMILES string of the molecule is Cn1nnnc1CC(=O)NC1CCN(CCC(c2ccccc2)c2ccccc2)CC1. The number of piperidine rings is 1. The van der Waals surface area contributed by atoms with Crippen molar-refractivity contribution in [3.05, 3.63) is 77.6 Å². The number of aromatic nitrogens is 4. The van der Waals surface area contributed by atoms with E-state index in [-0.39, 0.29) is 18.4 Å². The first-order valence-electron chi connectivity index (χ1n) is 11.0. The van der Waals surface area contributed by atoms with Crippen molar-refractivity contribution in [3.8, 4) is 0 Å². The molecular formula is C24H30N6O. The van der Waals surface area contributed by atoms with Gasteiger partial charge in [-0.05, 0) is 47.4 Å². The Kier molecular flexibility index (Phi) is 7.04. The van der Waals surface area contributed by atoms with Gasteiger partial charge in [0.15, 0.2) is 5.82 Å². The predicted molar refractivity (Wildman–Crippen MR) is 119 cm³/mol. The molecule has 7 heteroatoms. The monoisotopic (exact) mass is 418 g/mol. The van der Waals surface area contributed by atoms with Gasteiger partial charge in [0.2, 0.25) is 5.91 Å². The van der Waals surface area contributed by atoms with Gasteiger partial charge in [0.25, 0.3) is 0 Å². The topological polar surface area (TPSA) is 75.9 Å². The Morgan fingerprint density at radius 3 is 2.19 bits per heavy atom. The van der Waals surface area contributed by atoms with Gasteiger partial charge < -0.3 is 10.2 Å². The summed E-state index contributed by atoms with van der Waals surface area (Å²) < 4.78 is 1.54. The van der Waals surface area contributed by atoms with Crippen molar-refractivity contribution < 1.29 is 4.79 Å². The molecule has 31 heavy (non-hydrogen) atoms. The Balaban J connectivity index is 1.27. The van der Waals surface area contributed by atoms with Crippen LogP contribution >= 0.6 is 0 Å². The molecule has 1 saturated heterocycles. The first-order chi connectivity index (χ1) is 15.2. The quantitative estimate of drug-likeness (QED) is 0.608. The summed E-state index contributed by atoms with van der Waals surface area (Å²) >= 11 is 0. The molecule has 0 radical (unpaired) electrons. The van der Waals surface area contributed by atoms with E-state index in [4.69, 9.17) is 0 Å². The van der Waals surface area contributed by atoms with E-state index < -0.39 is 0 Å². The molecule has 3 aromatic rings. The Labute approximate surface area is 183 Å². The Morgan fingerprint density at radius 1 is 1.03 bits per heavy atom. The van der Waals surface area contributed by atoms with E-state index in [0.29, 0.717) is 11.7 Å². The van der Waals surface area contributed by atoms with Gasteiger partial charge in [-0.2, -0.15) is 0 Å². The molecule has 1 amide bonds. The minimum absolute atomic E-state index is 0.00966. The number of likely N-dealkylation sites (tertiary alicyclic amines) is 1. The highest BCUT2D eigenvalue weighted by Crippen LogP contribution is 2.28. The van der Waals surface area contributed by atoms with E-state index >= 15 is 0 Å². The highest BCUT2D eigenvalue weighted by atomic mass is 16.1. The second-order valence-electron chi connectivity index (χ2n) is 8.24. The van der Waals surface area contributed by atoms with Gasteiger partial charge >= 0.3 is 0 Å². The van der Waals surface area contributed by atoms with Crippen LogP contribution in [0.15, 0.2) is 60.7 Å². The largest absolute Gasteiger partial charge is 0.353 e. The molecule has 0 atom stereocenters. The molecule has 0 saturated carbocycles. The fourth-order valence-electron chi connectivity index (χ4n) is 4.33. The van der Waals surface area contributed by atoms with E-state index in [9.17, 15) is 4.79 Å². The van der Waals surface area contributed by atoms with Crippen molar-refractivity contribution in [3.63, 3.8) is 0 Å². The molecule has 4 rings (SSSR count). The first-order valence-corrected chi connectivity index (χ1v) is 11.0. The lowest BCUT2D eigenvalue weighted by atomic mass is 9.88. The predicted octanol–water partition coefficient (Wildman–Crippen LogP) is 2.56. The number of tetrazole rings is 1. The molecule has 1 aliphatic rings. The third-order valence-electron chi connectivity index (χ3n) is 6.12. The van der Waals surface area contributed by atoms with Crippen molar-refractivity contribution in [1.82, 2.24) is 30.4 Å². The average Bonchev–Trinajstić information content (AvgIpc) is 3.20. The van der Waals surface area contributed by atoms with E-state index in [2.05, 4.69) is 86.4 Å². The molecular weight excluding hydrogens is 388 g/mol.